The third kappa shape index (κ3) is 2.46. The van der Waals surface area contributed by atoms with Gasteiger partial charge in [-0.3, -0.25) is 0 Å². The molecule has 0 fully saturated rings. The summed E-state index contributed by atoms with van der Waals surface area (Å²) in [5.74, 6) is 3.79. The zero-order valence-corrected chi connectivity index (χ0v) is 9.29. The molecular weight excluding hydrogens is 218 g/mol. The van der Waals surface area contributed by atoms with Gasteiger partial charge < -0.3 is 10.3 Å². The van der Waals surface area contributed by atoms with E-state index in [9.17, 15) is 0 Å². The summed E-state index contributed by atoms with van der Waals surface area (Å²) in [7, 11) is 0. The molecule has 6 nitrogen and oxygen atoms in total. The maximum absolute atomic E-state index is 5.76. The van der Waals surface area contributed by atoms with Gasteiger partial charge in [0.15, 0.2) is 0 Å². The highest BCUT2D eigenvalue weighted by atomic mass is 16.5. The van der Waals surface area contributed by atoms with Crippen LogP contribution in [0.1, 0.15) is 24.2 Å². The number of terminal acetylenes is 1. The lowest BCUT2D eigenvalue weighted by Crippen LogP contribution is -2.09. The van der Waals surface area contributed by atoms with Crippen molar-refractivity contribution in [2.45, 2.75) is 19.4 Å². The molecular formula is C11H11N5O. The molecule has 2 aromatic heterocycles. The molecule has 0 saturated heterocycles. The van der Waals surface area contributed by atoms with E-state index in [4.69, 9.17) is 16.7 Å². The largest absolute Gasteiger partial charge is 0.337 e. The number of aryl methyl sites for hydroxylation is 1. The maximum Gasteiger partial charge on any atom is 0.244 e. The molecule has 0 aliphatic carbocycles. The summed E-state index contributed by atoms with van der Waals surface area (Å²) < 4.78 is 5.03. The maximum atomic E-state index is 5.76. The molecule has 2 aromatic rings. The SMILES string of the molecule is C#CCC(N)c1nc(-c2ccnc(C)n2)no1. The standard InChI is InChI=1S/C11H11N5O/c1-3-4-8(12)11-15-10(16-17-11)9-5-6-13-7(2)14-9/h1,5-6,8H,4,12H2,2H3. The van der Waals surface area contributed by atoms with E-state index in [1.165, 1.54) is 0 Å². The summed E-state index contributed by atoms with van der Waals surface area (Å²) in [6, 6.07) is 1.26. The number of nitrogens with two attached hydrogens (primary N) is 1. The minimum absolute atomic E-state index is 0.314. The van der Waals surface area contributed by atoms with Crippen LogP contribution in [-0.4, -0.2) is 20.1 Å². The zero-order valence-electron chi connectivity index (χ0n) is 9.29. The van der Waals surface area contributed by atoms with Gasteiger partial charge in [0, 0.05) is 12.6 Å². The first-order valence-corrected chi connectivity index (χ1v) is 5.03. The third-order valence-electron chi connectivity index (χ3n) is 2.10. The summed E-state index contributed by atoms with van der Waals surface area (Å²) in [6.45, 7) is 1.79. The average Bonchev–Trinajstić information content (AvgIpc) is 2.78. The fourth-order valence-corrected chi connectivity index (χ4v) is 1.28. The smallest absolute Gasteiger partial charge is 0.244 e. The van der Waals surface area contributed by atoms with Gasteiger partial charge in [0.05, 0.1) is 6.04 Å². The Morgan fingerprint density at radius 3 is 3.06 bits per heavy atom. The topological polar surface area (TPSA) is 90.7 Å². The zero-order chi connectivity index (χ0) is 12.3. The molecule has 0 bridgehead atoms. The van der Waals surface area contributed by atoms with Crippen molar-refractivity contribution in [3.05, 3.63) is 24.0 Å². The Morgan fingerprint density at radius 1 is 1.53 bits per heavy atom. The average molecular weight is 229 g/mol. The molecule has 2 heterocycles. The van der Waals surface area contributed by atoms with Gasteiger partial charge in [-0.25, -0.2) is 9.97 Å². The lowest BCUT2D eigenvalue weighted by Gasteiger charge is -1.98. The van der Waals surface area contributed by atoms with Crippen molar-refractivity contribution >= 4 is 0 Å². The first kappa shape index (κ1) is 11.2. The summed E-state index contributed by atoms with van der Waals surface area (Å²) in [6.07, 6.45) is 7.15. The third-order valence-corrected chi connectivity index (χ3v) is 2.10. The number of aromatic nitrogens is 4. The second kappa shape index (κ2) is 4.72. The van der Waals surface area contributed by atoms with Crippen LogP contribution in [0.2, 0.25) is 0 Å². The molecule has 0 radical (unpaired) electrons. The predicted molar refractivity (Wildman–Crippen MR) is 60.4 cm³/mol. The molecule has 1 atom stereocenters. The van der Waals surface area contributed by atoms with Crippen molar-refractivity contribution in [2.24, 2.45) is 5.73 Å². The molecule has 1 unspecified atom stereocenters. The summed E-state index contributed by atoms with van der Waals surface area (Å²) in [5.41, 5.74) is 6.35. The Labute approximate surface area is 98.3 Å². The molecule has 0 aromatic carbocycles. The number of hydrogen-bond donors (Lipinski definition) is 1. The van der Waals surface area contributed by atoms with E-state index >= 15 is 0 Å². The molecule has 2 N–H and O–H groups in total. The van der Waals surface area contributed by atoms with Crippen LogP contribution >= 0.6 is 0 Å². The van der Waals surface area contributed by atoms with E-state index in [0.717, 1.165) is 0 Å². The van der Waals surface area contributed by atoms with Crippen molar-refractivity contribution < 1.29 is 4.52 Å². The van der Waals surface area contributed by atoms with Crippen LogP contribution in [-0.2, 0) is 0 Å². The quantitative estimate of drug-likeness (QED) is 0.785. The van der Waals surface area contributed by atoms with Crippen LogP contribution in [0, 0.1) is 19.3 Å². The van der Waals surface area contributed by atoms with Gasteiger partial charge in [0.2, 0.25) is 11.7 Å². The minimum Gasteiger partial charge on any atom is -0.337 e. The Balaban J connectivity index is 2.27. The van der Waals surface area contributed by atoms with Crippen molar-refractivity contribution in [2.75, 3.05) is 0 Å². The lowest BCUT2D eigenvalue weighted by molar-refractivity contribution is 0.356. The highest BCUT2D eigenvalue weighted by Gasteiger charge is 2.15. The van der Waals surface area contributed by atoms with Gasteiger partial charge >= 0.3 is 0 Å². The van der Waals surface area contributed by atoms with Crippen molar-refractivity contribution in [3.63, 3.8) is 0 Å². The second-order valence-electron chi connectivity index (χ2n) is 3.46. The van der Waals surface area contributed by atoms with Gasteiger partial charge in [-0.2, -0.15) is 4.98 Å². The summed E-state index contributed by atoms with van der Waals surface area (Å²) in [5, 5.41) is 3.81. The van der Waals surface area contributed by atoms with E-state index in [-0.39, 0.29) is 0 Å². The van der Waals surface area contributed by atoms with Gasteiger partial charge in [0.25, 0.3) is 0 Å². The molecule has 0 spiro atoms. The van der Waals surface area contributed by atoms with E-state index < -0.39 is 6.04 Å². The van der Waals surface area contributed by atoms with Crippen molar-refractivity contribution in [1.29, 1.82) is 0 Å². The Morgan fingerprint density at radius 2 is 2.35 bits per heavy atom. The molecule has 0 aliphatic heterocycles. The van der Waals surface area contributed by atoms with E-state index in [0.29, 0.717) is 29.7 Å². The first-order valence-electron chi connectivity index (χ1n) is 5.03. The second-order valence-corrected chi connectivity index (χ2v) is 3.46. The normalized spacial score (nSPS) is 12.1. The molecule has 0 aliphatic rings. The van der Waals surface area contributed by atoms with Crippen LogP contribution < -0.4 is 5.73 Å². The Kier molecular flexibility index (Phi) is 3.12. The van der Waals surface area contributed by atoms with Crippen molar-refractivity contribution in [1.82, 2.24) is 20.1 Å². The highest BCUT2D eigenvalue weighted by Crippen LogP contribution is 2.16. The van der Waals surface area contributed by atoms with Crippen LogP contribution in [0.25, 0.3) is 11.5 Å². The van der Waals surface area contributed by atoms with Gasteiger partial charge in [-0.05, 0) is 13.0 Å². The van der Waals surface area contributed by atoms with Crippen LogP contribution in [0.4, 0.5) is 0 Å². The Bertz CT molecular complexity index is 557. The number of nitrogens with zero attached hydrogens (tertiary/aromatic N) is 4. The fourth-order valence-electron chi connectivity index (χ4n) is 1.28. The van der Waals surface area contributed by atoms with Crippen LogP contribution in [0.3, 0.4) is 0 Å². The predicted octanol–water partition coefficient (Wildman–Crippen LogP) is 0.858. The molecule has 86 valence electrons. The molecule has 17 heavy (non-hydrogen) atoms. The fraction of sp³-hybridized carbons (Fsp3) is 0.273. The number of rotatable bonds is 3. The monoisotopic (exact) mass is 229 g/mol. The van der Waals surface area contributed by atoms with Gasteiger partial charge in [0.1, 0.15) is 11.5 Å². The highest BCUT2D eigenvalue weighted by molar-refractivity contribution is 5.47. The molecule has 6 heteroatoms. The lowest BCUT2D eigenvalue weighted by atomic mass is 10.2. The van der Waals surface area contributed by atoms with Gasteiger partial charge in [-0.1, -0.05) is 5.16 Å². The van der Waals surface area contributed by atoms with E-state index in [1.54, 1.807) is 19.2 Å². The minimum atomic E-state index is -0.441. The molecule has 0 saturated carbocycles. The first-order chi connectivity index (χ1) is 8.20. The van der Waals surface area contributed by atoms with Crippen molar-refractivity contribution in [3.8, 4) is 23.9 Å². The number of hydrogen-bond acceptors (Lipinski definition) is 6. The van der Waals surface area contributed by atoms with Gasteiger partial charge in [-0.15, -0.1) is 12.3 Å². The Hall–Kier alpha value is -2.26. The summed E-state index contributed by atoms with van der Waals surface area (Å²) in [4.78, 5) is 12.3. The van der Waals surface area contributed by atoms with E-state index in [2.05, 4.69) is 26.0 Å². The molecule has 2 rings (SSSR count). The van der Waals surface area contributed by atoms with Crippen LogP contribution in [0.15, 0.2) is 16.8 Å². The van der Waals surface area contributed by atoms with Crippen LogP contribution in [0.5, 0.6) is 0 Å². The summed E-state index contributed by atoms with van der Waals surface area (Å²) >= 11 is 0. The molecule has 0 amide bonds. The van der Waals surface area contributed by atoms with E-state index in [1.807, 2.05) is 0 Å².